The van der Waals surface area contributed by atoms with E-state index in [9.17, 15) is 24.2 Å². The summed E-state index contributed by atoms with van der Waals surface area (Å²) >= 11 is 0. The second-order valence-corrected chi connectivity index (χ2v) is 17.2. The maximum absolute atomic E-state index is 12.6. The molecule has 0 fully saturated rings. The lowest BCUT2D eigenvalue weighted by Gasteiger charge is -2.20. The van der Waals surface area contributed by atoms with Crippen molar-refractivity contribution in [2.45, 2.75) is 219 Å². The monoisotopic (exact) mass is 855 g/mol. The molecule has 0 heterocycles. The minimum absolute atomic E-state index is 0.109. The Bertz CT molecular complexity index is 1120. The number of rotatable bonds is 44. The Balaban J connectivity index is 4.34. The zero-order valence-electron chi connectivity index (χ0n) is 37.5. The van der Waals surface area contributed by atoms with E-state index in [1.807, 2.05) is 6.08 Å². The third-order valence-electron chi connectivity index (χ3n) is 9.99. The van der Waals surface area contributed by atoms with E-state index in [0.29, 0.717) is 19.3 Å². The van der Waals surface area contributed by atoms with Crippen LogP contribution in [0.15, 0.2) is 48.6 Å². The number of phosphoric acid groups is 1. The van der Waals surface area contributed by atoms with Gasteiger partial charge in [-0.1, -0.05) is 191 Å². The van der Waals surface area contributed by atoms with Crippen LogP contribution in [-0.2, 0) is 32.7 Å². The highest BCUT2D eigenvalue weighted by molar-refractivity contribution is 7.47. The van der Waals surface area contributed by atoms with Gasteiger partial charge in [0.15, 0.2) is 6.10 Å². The summed E-state index contributed by atoms with van der Waals surface area (Å²) in [5.74, 6) is -0.985. The van der Waals surface area contributed by atoms with Crippen molar-refractivity contribution in [3.63, 3.8) is 0 Å². The number of carbonyl (C=O) groups excluding carboxylic acids is 2. The third-order valence-corrected chi connectivity index (χ3v) is 10.9. The number of ether oxygens (including phenoxy) is 2. The zero-order valence-corrected chi connectivity index (χ0v) is 38.4. The Hall–Kier alpha value is -2.07. The van der Waals surface area contributed by atoms with Crippen molar-refractivity contribution in [1.29, 1.82) is 0 Å². The maximum atomic E-state index is 12.6. The van der Waals surface area contributed by atoms with Gasteiger partial charge < -0.3 is 24.6 Å². The predicted molar refractivity (Wildman–Crippen MR) is 242 cm³/mol. The lowest BCUT2D eigenvalue weighted by atomic mass is 10.0. The number of esters is 2. The van der Waals surface area contributed by atoms with Gasteiger partial charge in [0, 0.05) is 12.8 Å². The molecule has 0 rings (SSSR count). The van der Waals surface area contributed by atoms with Crippen LogP contribution in [0.25, 0.3) is 0 Å². The largest absolute Gasteiger partial charge is 0.472 e. The molecule has 3 N–H and O–H groups in total. The standard InChI is InChI=1S/C48H87O10P/c1-3-5-7-9-11-13-15-17-19-20-21-22-23-24-26-28-30-32-34-36-38-40-48(52)58-46(44-57-59(53,54)56-42-45(50)41-49)43-55-47(51)39-37-35-33-31-29-27-25-18-16-14-12-10-8-6-4-2/h19-20,22-23,26,28,32,34,45-46,49-50H,3-18,21,24-25,27,29-31,33,35-44H2,1-2H3,(H,53,54)/b20-19+,23-22+,28-26+,34-32+/t45-,46+/m0/s1. The van der Waals surface area contributed by atoms with E-state index >= 15 is 0 Å². The SMILES string of the molecule is CCCCCCCCC/C=C/C/C=C/C/C=C/C/C=C/CCCC(=O)O[C@H](COC(=O)CCCCCCCCCCCCCCCCC)COP(=O)(O)OC[C@@H](O)CO. The summed E-state index contributed by atoms with van der Waals surface area (Å²) in [6.45, 7) is 2.33. The Morgan fingerprint density at radius 2 is 0.898 bits per heavy atom. The quantitative estimate of drug-likeness (QED) is 0.0234. The van der Waals surface area contributed by atoms with Crippen molar-refractivity contribution in [3.8, 4) is 0 Å². The van der Waals surface area contributed by atoms with Crippen molar-refractivity contribution in [3.05, 3.63) is 48.6 Å². The highest BCUT2D eigenvalue weighted by Gasteiger charge is 2.27. The molecule has 1 unspecified atom stereocenters. The first kappa shape index (κ1) is 56.9. The molecule has 0 saturated heterocycles. The van der Waals surface area contributed by atoms with Crippen LogP contribution < -0.4 is 0 Å². The first-order valence-electron chi connectivity index (χ1n) is 23.6. The number of unbranched alkanes of at least 4 members (excludes halogenated alkanes) is 22. The highest BCUT2D eigenvalue weighted by Crippen LogP contribution is 2.43. The summed E-state index contributed by atoms with van der Waals surface area (Å²) in [6.07, 6.45) is 48.0. The molecule has 0 bridgehead atoms. The molecule has 0 aromatic carbocycles. The first-order valence-corrected chi connectivity index (χ1v) is 25.1. The van der Waals surface area contributed by atoms with E-state index in [1.54, 1.807) is 0 Å². The van der Waals surface area contributed by atoms with E-state index in [1.165, 1.54) is 122 Å². The van der Waals surface area contributed by atoms with Crippen LogP contribution in [0.2, 0.25) is 0 Å². The second-order valence-electron chi connectivity index (χ2n) is 15.8. The number of hydrogen-bond acceptors (Lipinski definition) is 9. The van der Waals surface area contributed by atoms with E-state index in [4.69, 9.17) is 19.1 Å². The molecule has 0 saturated carbocycles. The third kappa shape index (κ3) is 43.8. The van der Waals surface area contributed by atoms with E-state index in [-0.39, 0.29) is 19.4 Å². The van der Waals surface area contributed by atoms with Crippen molar-refractivity contribution in [2.75, 3.05) is 26.4 Å². The molecule has 0 aliphatic rings. The smallest absolute Gasteiger partial charge is 0.462 e. The van der Waals surface area contributed by atoms with Crippen LogP contribution in [0.3, 0.4) is 0 Å². The topological polar surface area (TPSA) is 149 Å². The molecule has 3 atom stereocenters. The highest BCUT2D eigenvalue weighted by atomic mass is 31.2. The lowest BCUT2D eigenvalue weighted by Crippen LogP contribution is -2.29. The van der Waals surface area contributed by atoms with Crippen LogP contribution in [0, 0.1) is 0 Å². The molecule has 0 aliphatic carbocycles. The van der Waals surface area contributed by atoms with Gasteiger partial charge in [0.05, 0.1) is 19.8 Å². The van der Waals surface area contributed by atoms with Gasteiger partial charge in [-0.15, -0.1) is 0 Å². The van der Waals surface area contributed by atoms with Crippen LogP contribution in [0.5, 0.6) is 0 Å². The van der Waals surface area contributed by atoms with Crippen LogP contribution in [-0.4, -0.2) is 65.7 Å². The van der Waals surface area contributed by atoms with Crippen molar-refractivity contribution in [2.24, 2.45) is 0 Å². The molecule has 0 amide bonds. The van der Waals surface area contributed by atoms with Gasteiger partial charge in [-0.25, -0.2) is 4.57 Å². The zero-order chi connectivity index (χ0) is 43.3. The van der Waals surface area contributed by atoms with E-state index < -0.39 is 51.8 Å². The van der Waals surface area contributed by atoms with Crippen LogP contribution >= 0.6 is 7.82 Å². The number of phosphoric ester groups is 1. The molecular weight excluding hydrogens is 767 g/mol. The number of aliphatic hydroxyl groups excluding tert-OH is 2. The summed E-state index contributed by atoms with van der Waals surface area (Å²) in [7, 11) is -4.63. The first-order chi connectivity index (χ1) is 28.7. The molecule has 0 aromatic rings. The molecule has 0 aliphatic heterocycles. The summed E-state index contributed by atoms with van der Waals surface area (Å²) in [5.41, 5.74) is 0. The van der Waals surface area contributed by atoms with Crippen LogP contribution in [0.4, 0.5) is 0 Å². The normalized spacial score (nSPS) is 14.2. The van der Waals surface area contributed by atoms with Crippen molar-refractivity contribution < 1.29 is 47.8 Å². The van der Waals surface area contributed by atoms with Gasteiger partial charge in [0.25, 0.3) is 0 Å². The summed E-state index contributed by atoms with van der Waals surface area (Å²) in [5, 5.41) is 18.4. The molecule has 0 spiro atoms. The number of carbonyl (C=O) groups is 2. The van der Waals surface area contributed by atoms with Gasteiger partial charge in [-0.05, 0) is 51.4 Å². The minimum Gasteiger partial charge on any atom is -0.462 e. The van der Waals surface area contributed by atoms with Gasteiger partial charge in [0.2, 0.25) is 0 Å². The molecule has 344 valence electrons. The lowest BCUT2D eigenvalue weighted by molar-refractivity contribution is -0.161. The fourth-order valence-electron chi connectivity index (χ4n) is 6.34. The van der Waals surface area contributed by atoms with Gasteiger partial charge in [-0.2, -0.15) is 0 Å². The van der Waals surface area contributed by atoms with Gasteiger partial charge in [0.1, 0.15) is 12.7 Å². The number of allylic oxidation sites excluding steroid dienone is 8. The average Bonchev–Trinajstić information content (AvgIpc) is 3.22. The fraction of sp³-hybridized carbons (Fsp3) is 0.792. The molecule has 0 aromatic heterocycles. The summed E-state index contributed by atoms with van der Waals surface area (Å²) < 4.78 is 32.7. The average molecular weight is 855 g/mol. The van der Waals surface area contributed by atoms with Gasteiger partial charge >= 0.3 is 19.8 Å². The molecular formula is C48H87O10P. The molecule has 11 heteroatoms. The van der Waals surface area contributed by atoms with Crippen molar-refractivity contribution >= 4 is 19.8 Å². The number of hydrogen-bond donors (Lipinski definition) is 3. The fourth-order valence-corrected chi connectivity index (χ4v) is 7.13. The van der Waals surface area contributed by atoms with E-state index in [2.05, 4.69) is 60.9 Å². The van der Waals surface area contributed by atoms with Crippen molar-refractivity contribution in [1.82, 2.24) is 0 Å². The summed E-state index contributed by atoms with van der Waals surface area (Å²) in [4.78, 5) is 35.0. The van der Waals surface area contributed by atoms with E-state index in [0.717, 1.165) is 38.5 Å². The second kappa shape index (κ2) is 44.0. The maximum Gasteiger partial charge on any atom is 0.472 e. The minimum atomic E-state index is -4.63. The Morgan fingerprint density at radius 3 is 1.37 bits per heavy atom. The number of aliphatic hydroxyl groups is 2. The Labute approximate surface area is 360 Å². The van der Waals surface area contributed by atoms with Crippen LogP contribution in [0.1, 0.15) is 206 Å². The Morgan fingerprint density at radius 1 is 0.508 bits per heavy atom. The van der Waals surface area contributed by atoms with Gasteiger partial charge in [-0.3, -0.25) is 18.6 Å². The summed E-state index contributed by atoms with van der Waals surface area (Å²) in [6, 6.07) is 0. The Kier molecular flexibility index (Phi) is 42.5. The molecule has 10 nitrogen and oxygen atoms in total. The predicted octanol–water partition coefficient (Wildman–Crippen LogP) is 12.9. The molecule has 0 radical (unpaired) electrons. The molecule has 59 heavy (non-hydrogen) atoms.